The van der Waals surface area contributed by atoms with E-state index in [2.05, 4.69) is 34.1 Å². The van der Waals surface area contributed by atoms with E-state index >= 15 is 0 Å². The first-order valence-electron chi connectivity index (χ1n) is 6.23. The number of anilines is 1. The number of rotatable bonds is 8. The molecule has 0 spiro atoms. The minimum Gasteiger partial charge on any atom is -0.365 e. The zero-order valence-electron chi connectivity index (χ0n) is 10.8. The van der Waals surface area contributed by atoms with Crippen LogP contribution in [0.15, 0.2) is 25.0 Å². The molecule has 0 saturated heterocycles. The number of carbonyl (C=O) groups is 1. The van der Waals surface area contributed by atoms with E-state index in [0.29, 0.717) is 24.6 Å². The van der Waals surface area contributed by atoms with Crippen LogP contribution in [-0.4, -0.2) is 29.0 Å². The second-order valence-corrected chi connectivity index (χ2v) is 3.92. The van der Waals surface area contributed by atoms with Gasteiger partial charge in [-0.3, -0.25) is 4.79 Å². The number of nitrogens with zero attached hydrogens (tertiary/aromatic N) is 2. The summed E-state index contributed by atoms with van der Waals surface area (Å²) in [6, 6.07) is 0. The summed E-state index contributed by atoms with van der Waals surface area (Å²) in [4.78, 5) is 19.8. The number of hydrogen-bond donors (Lipinski definition) is 2. The van der Waals surface area contributed by atoms with Crippen LogP contribution in [0, 0.1) is 0 Å². The normalized spacial score (nSPS) is 9.83. The molecule has 1 amide bonds. The first-order chi connectivity index (χ1) is 8.77. The molecule has 2 N–H and O–H groups in total. The van der Waals surface area contributed by atoms with Crippen molar-refractivity contribution in [3.63, 3.8) is 0 Å². The molecule has 1 aromatic heterocycles. The molecule has 1 rings (SSSR count). The maximum absolute atomic E-state index is 11.7. The van der Waals surface area contributed by atoms with Gasteiger partial charge in [0.2, 0.25) is 0 Å². The first-order valence-corrected chi connectivity index (χ1v) is 6.23. The van der Waals surface area contributed by atoms with Crippen molar-refractivity contribution >= 4 is 11.7 Å². The Balaban J connectivity index is 2.41. The summed E-state index contributed by atoms with van der Waals surface area (Å²) < 4.78 is 0. The summed E-state index contributed by atoms with van der Waals surface area (Å²) >= 11 is 0. The van der Waals surface area contributed by atoms with Crippen LogP contribution in [0.1, 0.15) is 36.7 Å². The topological polar surface area (TPSA) is 66.9 Å². The lowest BCUT2D eigenvalue weighted by Gasteiger charge is -2.05. The molecule has 1 aromatic rings. The lowest BCUT2D eigenvalue weighted by Crippen LogP contribution is -2.25. The quantitative estimate of drug-likeness (QED) is 0.545. The minimum atomic E-state index is -0.172. The molecule has 0 bridgehead atoms. The molecule has 0 atom stereocenters. The molecule has 5 nitrogen and oxygen atoms in total. The number of hydrogen-bond acceptors (Lipinski definition) is 4. The molecule has 0 aliphatic rings. The van der Waals surface area contributed by atoms with E-state index in [4.69, 9.17) is 0 Å². The van der Waals surface area contributed by atoms with Gasteiger partial charge < -0.3 is 10.6 Å². The van der Waals surface area contributed by atoms with E-state index in [-0.39, 0.29) is 5.91 Å². The van der Waals surface area contributed by atoms with E-state index < -0.39 is 0 Å². The minimum absolute atomic E-state index is 0.172. The zero-order valence-corrected chi connectivity index (χ0v) is 10.8. The molecule has 18 heavy (non-hydrogen) atoms. The molecular weight excluding hydrogens is 228 g/mol. The van der Waals surface area contributed by atoms with Gasteiger partial charge in [0.25, 0.3) is 5.91 Å². The van der Waals surface area contributed by atoms with Crippen LogP contribution >= 0.6 is 0 Å². The second-order valence-electron chi connectivity index (χ2n) is 3.92. The number of nitrogens with one attached hydrogen (secondary N) is 2. The summed E-state index contributed by atoms with van der Waals surface area (Å²) in [6.45, 7) is 7.03. The standard InChI is InChI=1S/C13H20N4O/c1-3-5-6-8-15-13(18)11-9-17-12(10-16-11)14-7-4-2/h4,9-10H,2-3,5-8H2,1H3,(H,14,17)(H,15,18). The second kappa shape index (κ2) is 8.22. The van der Waals surface area contributed by atoms with Crippen LogP contribution in [0.5, 0.6) is 0 Å². The molecule has 0 aromatic carbocycles. The lowest BCUT2D eigenvalue weighted by molar-refractivity contribution is 0.0947. The molecule has 0 saturated carbocycles. The van der Waals surface area contributed by atoms with Gasteiger partial charge in [-0.2, -0.15) is 0 Å². The molecule has 0 aliphatic carbocycles. The Morgan fingerprint density at radius 1 is 1.39 bits per heavy atom. The maximum atomic E-state index is 11.7. The van der Waals surface area contributed by atoms with Crippen molar-refractivity contribution in [2.24, 2.45) is 0 Å². The van der Waals surface area contributed by atoms with Crippen molar-refractivity contribution in [1.29, 1.82) is 0 Å². The summed E-state index contributed by atoms with van der Waals surface area (Å²) in [5, 5.41) is 5.82. The average molecular weight is 248 g/mol. The Morgan fingerprint density at radius 2 is 2.22 bits per heavy atom. The van der Waals surface area contributed by atoms with Gasteiger partial charge in [-0.25, -0.2) is 9.97 Å². The Kier molecular flexibility index (Phi) is 6.46. The van der Waals surface area contributed by atoms with Crippen LogP contribution in [0.3, 0.4) is 0 Å². The number of amides is 1. The molecule has 0 unspecified atom stereocenters. The first kappa shape index (κ1) is 14.2. The molecule has 98 valence electrons. The van der Waals surface area contributed by atoms with Crippen molar-refractivity contribution in [2.75, 3.05) is 18.4 Å². The lowest BCUT2D eigenvalue weighted by atomic mass is 10.2. The van der Waals surface area contributed by atoms with Gasteiger partial charge in [0.05, 0.1) is 12.4 Å². The Morgan fingerprint density at radius 3 is 2.83 bits per heavy atom. The molecule has 1 heterocycles. The van der Waals surface area contributed by atoms with Gasteiger partial charge in [0, 0.05) is 13.1 Å². The fraction of sp³-hybridized carbons (Fsp3) is 0.462. The van der Waals surface area contributed by atoms with E-state index in [1.165, 1.54) is 6.20 Å². The number of aromatic nitrogens is 2. The van der Waals surface area contributed by atoms with Gasteiger partial charge in [0.15, 0.2) is 0 Å². The fourth-order valence-electron chi connectivity index (χ4n) is 1.38. The molecular formula is C13H20N4O. The summed E-state index contributed by atoms with van der Waals surface area (Å²) in [5.74, 6) is 0.464. The van der Waals surface area contributed by atoms with Gasteiger partial charge >= 0.3 is 0 Å². The molecule has 0 aliphatic heterocycles. The van der Waals surface area contributed by atoms with Crippen molar-refractivity contribution < 1.29 is 4.79 Å². The van der Waals surface area contributed by atoms with Crippen LogP contribution in [0.25, 0.3) is 0 Å². The summed E-state index contributed by atoms with van der Waals surface area (Å²) in [5.41, 5.74) is 0.343. The predicted octanol–water partition coefficient (Wildman–Crippen LogP) is 1.99. The van der Waals surface area contributed by atoms with Crippen LogP contribution < -0.4 is 10.6 Å². The molecule has 0 fully saturated rings. The third-order valence-corrected chi connectivity index (χ3v) is 2.38. The van der Waals surface area contributed by atoms with Gasteiger partial charge in [-0.05, 0) is 6.42 Å². The highest BCUT2D eigenvalue weighted by Crippen LogP contribution is 2.01. The van der Waals surface area contributed by atoms with Crippen molar-refractivity contribution in [1.82, 2.24) is 15.3 Å². The highest BCUT2D eigenvalue weighted by atomic mass is 16.1. The third kappa shape index (κ3) is 4.95. The molecule has 5 heteroatoms. The van der Waals surface area contributed by atoms with E-state index in [0.717, 1.165) is 19.3 Å². The Hall–Kier alpha value is -1.91. The zero-order chi connectivity index (χ0) is 13.2. The summed E-state index contributed by atoms with van der Waals surface area (Å²) in [6.07, 6.45) is 8.01. The van der Waals surface area contributed by atoms with E-state index in [1.54, 1.807) is 12.3 Å². The average Bonchev–Trinajstić information content (AvgIpc) is 2.41. The summed E-state index contributed by atoms with van der Waals surface area (Å²) in [7, 11) is 0. The third-order valence-electron chi connectivity index (χ3n) is 2.38. The van der Waals surface area contributed by atoms with Crippen molar-refractivity contribution in [3.05, 3.63) is 30.7 Å². The largest absolute Gasteiger partial charge is 0.365 e. The van der Waals surface area contributed by atoms with Crippen molar-refractivity contribution in [3.8, 4) is 0 Å². The van der Waals surface area contributed by atoms with Crippen LogP contribution in [0.4, 0.5) is 5.82 Å². The smallest absolute Gasteiger partial charge is 0.271 e. The highest BCUT2D eigenvalue weighted by molar-refractivity contribution is 5.91. The van der Waals surface area contributed by atoms with Gasteiger partial charge in [-0.1, -0.05) is 25.8 Å². The van der Waals surface area contributed by atoms with Crippen LogP contribution in [0.2, 0.25) is 0 Å². The number of unbranched alkanes of at least 4 members (excludes halogenated alkanes) is 2. The number of carbonyl (C=O) groups excluding carboxylic acids is 1. The Labute approximate surface area is 108 Å². The predicted molar refractivity (Wildman–Crippen MR) is 72.6 cm³/mol. The Bertz CT molecular complexity index is 375. The maximum Gasteiger partial charge on any atom is 0.271 e. The van der Waals surface area contributed by atoms with Crippen LogP contribution in [-0.2, 0) is 0 Å². The van der Waals surface area contributed by atoms with E-state index in [1.807, 2.05) is 0 Å². The monoisotopic (exact) mass is 248 g/mol. The highest BCUT2D eigenvalue weighted by Gasteiger charge is 2.06. The SMILES string of the molecule is C=CCNc1cnc(C(=O)NCCCCC)cn1. The fourth-order valence-corrected chi connectivity index (χ4v) is 1.38. The van der Waals surface area contributed by atoms with Crippen molar-refractivity contribution in [2.45, 2.75) is 26.2 Å². The van der Waals surface area contributed by atoms with Gasteiger partial charge in [-0.15, -0.1) is 6.58 Å². The molecule has 0 radical (unpaired) electrons. The van der Waals surface area contributed by atoms with E-state index in [9.17, 15) is 4.79 Å². The van der Waals surface area contributed by atoms with Gasteiger partial charge in [0.1, 0.15) is 11.5 Å².